The van der Waals surface area contributed by atoms with Gasteiger partial charge in [0.25, 0.3) is 0 Å². The summed E-state index contributed by atoms with van der Waals surface area (Å²) in [6.45, 7) is 0.628. The van der Waals surface area contributed by atoms with Crippen LogP contribution >= 0.6 is 23.1 Å². The first kappa shape index (κ1) is 11.3. The van der Waals surface area contributed by atoms with Crippen LogP contribution in [-0.4, -0.2) is 16.5 Å². The average Bonchev–Trinajstić information content (AvgIpc) is 2.76. The standard InChI is InChI=1S/C10H10FN3S2/c1-15-10-14-13-9(16-10)12-6-7-2-4-8(11)5-3-7/h2-5H,6H2,1H3,(H,12,13). The van der Waals surface area contributed by atoms with E-state index in [1.165, 1.54) is 23.5 Å². The van der Waals surface area contributed by atoms with Crippen molar-refractivity contribution in [3.05, 3.63) is 35.6 Å². The Morgan fingerprint density at radius 1 is 1.31 bits per heavy atom. The summed E-state index contributed by atoms with van der Waals surface area (Å²) >= 11 is 3.08. The van der Waals surface area contributed by atoms with Gasteiger partial charge in [0, 0.05) is 6.54 Å². The average molecular weight is 255 g/mol. The predicted octanol–water partition coefficient (Wildman–Crippen LogP) is 3.01. The third-order valence-electron chi connectivity index (χ3n) is 1.94. The summed E-state index contributed by atoms with van der Waals surface area (Å²) in [7, 11) is 0. The lowest BCUT2D eigenvalue weighted by atomic mass is 10.2. The summed E-state index contributed by atoms with van der Waals surface area (Å²) in [4.78, 5) is 0. The van der Waals surface area contributed by atoms with Crippen LogP contribution in [0.5, 0.6) is 0 Å². The van der Waals surface area contributed by atoms with Crippen molar-refractivity contribution in [3.63, 3.8) is 0 Å². The topological polar surface area (TPSA) is 37.8 Å². The van der Waals surface area contributed by atoms with Crippen LogP contribution in [0.25, 0.3) is 0 Å². The number of halogens is 1. The minimum atomic E-state index is -0.218. The Morgan fingerprint density at radius 3 is 2.69 bits per heavy atom. The minimum absolute atomic E-state index is 0.218. The molecule has 2 aromatic rings. The van der Waals surface area contributed by atoms with E-state index >= 15 is 0 Å². The zero-order chi connectivity index (χ0) is 11.4. The molecule has 16 heavy (non-hydrogen) atoms. The molecular formula is C10H10FN3S2. The molecule has 0 amide bonds. The molecule has 84 valence electrons. The Balaban J connectivity index is 1.94. The Morgan fingerprint density at radius 2 is 2.06 bits per heavy atom. The molecule has 0 atom stereocenters. The highest BCUT2D eigenvalue weighted by Gasteiger charge is 2.02. The Labute approximate surface area is 101 Å². The lowest BCUT2D eigenvalue weighted by Crippen LogP contribution is -1.98. The van der Waals surface area contributed by atoms with Crippen molar-refractivity contribution >= 4 is 28.2 Å². The summed E-state index contributed by atoms with van der Waals surface area (Å²) in [5.41, 5.74) is 1.02. The van der Waals surface area contributed by atoms with Crippen LogP contribution in [0.3, 0.4) is 0 Å². The maximum atomic E-state index is 12.7. The second-order valence-electron chi connectivity index (χ2n) is 3.06. The van der Waals surface area contributed by atoms with Crippen molar-refractivity contribution in [1.82, 2.24) is 10.2 Å². The number of anilines is 1. The monoisotopic (exact) mass is 255 g/mol. The van der Waals surface area contributed by atoms with E-state index in [0.29, 0.717) is 6.54 Å². The number of nitrogens with one attached hydrogen (secondary N) is 1. The second-order valence-corrected chi connectivity index (χ2v) is 5.09. The van der Waals surface area contributed by atoms with E-state index in [-0.39, 0.29) is 5.82 Å². The zero-order valence-corrected chi connectivity index (χ0v) is 10.2. The van der Waals surface area contributed by atoms with Crippen LogP contribution < -0.4 is 5.32 Å². The molecule has 0 fully saturated rings. The van der Waals surface area contributed by atoms with E-state index in [4.69, 9.17) is 0 Å². The molecule has 0 unspecified atom stereocenters. The van der Waals surface area contributed by atoms with E-state index in [1.807, 2.05) is 6.26 Å². The molecule has 1 heterocycles. The zero-order valence-electron chi connectivity index (χ0n) is 8.61. The molecular weight excluding hydrogens is 245 g/mol. The molecule has 0 radical (unpaired) electrons. The predicted molar refractivity (Wildman–Crippen MR) is 65.4 cm³/mol. The lowest BCUT2D eigenvalue weighted by molar-refractivity contribution is 0.627. The quantitative estimate of drug-likeness (QED) is 0.852. The van der Waals surface area contributed by atoms with Crippen LogP contribution in [0.2, 0.25) is 0 Å². The highest BCUT2D eigenvalue weighted by atomic mass is 32.2. The Kier molecular flexibility index (Phi) is 3.74. The van der Waals surface area contributed by atoms with Crippen LogP contribution in [0, 0.1) is 5.82 Å². The third kappa shape index (κ3) is 2.93. The first-order valence-corrected chi connectivity index (χ1v) is 6.68. The van der Waals surface area contributed by atoms with Gasteiger partial charge in [0.2, 0.25) is 5.13 Å². The van der Waals surface area contributed by atoms with Gasteiger partial charge in [0.15, 0.2) is 4.34 Å². The van der Waals surface area contributed by atoms with Crippen molar-refractivity contribution in [2.45, 2.75) is 10.9 Å². The number of hydrogen-bond donors (Lipinski definition) is 1. The molecule has 1 N–H and O–H groups in total. The fourth-order valence-corrected chi connectivity index (χ4v) is 2.31. The number of benzene rings is 1. The number of rotatable bonds is 4. The maximum absolute atomic E-state index is 12.7. The van der Waals surface area contributed by atoms with Gasteiger partial charge in [-0.15, -0.1) is 10.2 Å². The summed E-state index contributed by atoms with van der Waals surface area (Å²) < 4.78 is 13.6. The summed E-state index contributed by atoms with van der Waals surface area (Å²) in [6.07, 6.45) is 1.96. The fraction of sp³-hybridized carbons (Fsp3) is 0.200. The van der Waals surface area contributed by atoms with Gasteiger partial charge in [0.05, 0.1) is 0 Å². The molecule has 0 spiro atoms. The van der Waals surface area contributed by atoms with E-state index in [9.17, 15) is 4.39 Å². The molecule has 0 aliphatic heterocycles. The molecule has 3 nitrogen and oxygen atoms in total. The largest absolute Gasteiger partial charge is 0.356 e. The van der Waals surface area contributed by atoms with Gasteiger partial charge >= 0.3 is 0 Å². The van der Waals surface area contributed by atoms with Crippen molar-refractivity contribution in [2.75, 3.05) is 11.6 Å². The van der Waals surface area contributed by atoms with Crippen molar-refractivity contribution in [1.29, 1.82) is 0 Å². The molecule has 2 rings (SSSR count). The Hall–Kier alpha value is -1.14. The highest BCUT2D eigenvalue weighted by Crippen LogP contribution is 2.23. The smallest absolute Gasteiger partial charge is 0.206 e. The molecule has 0 saturated carbocycles. The van der Waals surface area contributed by atoms with Gasteiger partial charge < -0.3 is 5.32 Å². The summed E-state index contributed by atoms with van der Waals surface area (Å²) in [6, 6.07) is 6.40. The third-order valence-corrected chi connectivity index (χ3v) is 3.79. The Bertz CT molecular complexity index is 455. The number of hydrogen-bond acceptors (Lipinski definition) is 5. The van der Waals surface area contributed by atoms with Crippen molar-refractivity contribution in [2.24, 2.45) is 0 Å². The van der Waals surface area contributed by atoms with E-state index in [2.05, 4.69) is 15.5 Å². The number of nitrogens with zero attached hydrogens (tertiary/aromatic N) is 2. The SMILES string of the molecule is CSc1nnc(NCc2ccc(F)cc2)s1. The van der Waals surface area contributed by atoms with Crippen LogP contribution in [0.15, 0.2) is 28.6 Å². The number of thioether (sulfide) groups is 1. The van der Waals surface area contributed by atoms with Crippen LogP contribution in [0.4, 0.5) is 9.52 Å². The van der Waals surface area contributed by atoms with Gasteiger partial charge in [0.1, 0.15) is 5.82 Å². The summed E-state index contributed by atoms with van der Waals surface area (Å²) in [5, 5.41) is 11.9. The second kappa shape index (κ2) is 5.27. The molecule has 0 saturated heterocycles. The first-order valence-electron chi connectivity index (χ1n) is 4.64. The molecule has 0 aliphatic rings. The molecule has 0 aliphatic carbocycles. The van der Waals surface area contributed by atoms with E-state index in [1.54, 1.807) is 23.9 Å². The van der Waals surface area contributed by atoms with Crippen molar-refractivity contribution < 1.29 is 4.39 Å². The van der Waals surface area contributed by atoms with E-state index in [0.717, 1.165) is 15.0 Å². The van der Waals surface area contributed by atoms with Crippen LogP contribution in [-0.2, 0) is 6.54 Å². The van der Waals surface area contributed by atoms with Gasteiger partial charge in [-0.3, -0.25) is 0 Å². The summed E-state index contributed by atoms with van der Waals surface area (Å²) in [5.74, 6) is -0.218. The van der Waals surface area contributed by atoms with Gasteiger partial charge in [-0.2, -0.15) is 0 Å². The van der Waals surface area contributed by atoms with E-state index < -0.39 is 0 Å². The van der Waals surface area contributed by atoms with Gasteiger partial charge in [-0.05, 0) is 24.0 Å². The molecule has 6 heteroatoms. The van der Waals surface area contributed by atoms with Crippen molar-refractivity contribution in [3.8, 4) is 0 Å². The fourth-order valence-electron chi connectivity index (χ4n) is 1.14. The maximum Gasteiger partial charge on any atom is 0.206 e. The van der Waals surface area contributed by atoms with Crippen LogP contribution in [0.1, 0.15) is 5.56 Å². The molecule has 0 bridgehead atoms. The van der Waals surface area contributed by atoms with Gasteiger partial charge in [-0.1, -0.05) is 35.2 Å². The highest BCUT2D eigenvalue weighted by molar-refractivity contribution is 8.00. The van der Waals surface area contributed by atoms with Gasteiger partial charge in [-0.25, -0.2) is 4.39 Å². The minimum Gasteiger partial charge on any atom is -0.356 e. The molecule has 1 aromatic heterocycles. The lowest BCUT2D eigenvalue weighted by Gasteiger charge is -2.01. The number of aromatic nitrogens is 2. The normalized spacial score (nSPS) is 10.4. The molecule has 1 aromatic carbocycles. The first-order chi connectivity index (χ1) is 7.78.